The number of amides is 2. The molecule has 3 atom stereocenters. The third-order valence-corrected chi connectivity index (χ3v) is 4.61. The topological polar surface area (TPSA) is 86.8 Å². The molecule has 0 bridgehead atoms. The van der Waals surface area contributed by atoms with E-state index in [0.29, 0.717) is 38.6 Å². The van der Waals surface area contributed by atoms with Crippen LogP contribution in [0, 0.1) is 17.8 Å². The molecule has 1 aliphatic heterocycles. The number of hydrogen-bond acceptors (Lipinski definition) is 3. The number of unbranched alkanes of at least 4 members (excludes halogenated alkanes) is 2. The molecule has 0 aliphatic carbocycles. The number of aliphatic hydroxyl groups is 2. The highest BCUT2D eigenvalue weighted by Gasteiger charge is 2.41. The molecule has 22 heavy (non-hydrogen) atoms. The Morgan fingerprint density at radius 1 is 1.09 bits per heavy atom. The molecule has 2 amide bonds. The monoisotopic (exact) mass is 322 g/mol. The zero-order valence-corrected chi connectivity index (χ0v) is 13.0. The van der Waals surface area contributed by atoms with Crippen LogP contribution in [0.15, 0.2) is 0 Å². The van der Waals surface area contributed by atoms with Crippen LogP contribution in [0.4, 0.5) is 13.6 Å². The number of nitrogens with zero attached hydrogens (tertiary/aromatic N) is 1. The Balaban J connectivity index is 2.77. The fourth-order valence-corrected chi connectivity index (χ4v) is 3.44. The Morgan fingerprint density at radius 2 is 1.68 bits per heavy atom. The molecule has 7 heteroatoms. The van der Waals surface area contributed by atoms with Crippen molar-refractivity contribution >= 4 is 6.03 Å². The number of alkyl halides is 2. The van der Waals surface area contributed by atoms with Gasteiger partial charge in [0.05, 0.1) is 0 Å². The van der Waals surface area contributed by atoms with E-state index in [-0.39, 0.29) is 31.6 Å². The average Bonchev–Trinajstić information content (AvgIpc) is 2.48. The summed E-state index contributed by atoms with van der Waals surface area (Å²) in [7, 11) is 0. The van der Waals surface area contributed by atoms with Gasteiger partial charge in [-0.05, 0) is 37.5 Å². The van der Waals surface area contributed by atoms with Gasteiger partial charge in [0.25, 0.3) is 0 Å². The van der Waals surface area contributed by atoms with Crippen molar-refractivity contribution in [3.63, 3.8) is 0 Å². The molecule has 0 spiro atoms. The van der Waals surface area contributed by atoms with Crippen LogP contribution < -0.4 is 5.73 Å². The number of urea groups is 1. The molecule has 5 nitrogen and oxygen atoms in total. The van der Waals surface area contributed by atoms with Gasteiger partial charge in [-0.15, -0.1) is 0 Å². The van der Waals surface area contributed by atoms with E-state index in [0.717, 1.165) is 6.42 Å². The summed E-state index contributed by atoms with van der Waals surface area (Å²) in [5, 5.41) is 17.8. The SMILES string of the molecule is NC(=O)N1CC(CCCCO)C(CCCCO)C(C(F)F)C1. The molecule has 4 N–H and O–H groups in total. The van der Waals surface area contributed by atoms with E-state index in [1.807, 2.05) is 0 Å². The van der Waals surface area contributed by atoms with Crippen LogP contribution >= 0.6 is 0 Å². The van der Waals surface area contributed by atoms with Crippen molar-refractivity contribution in [3.8, 4) is 0 Å². The van der Waals surface area contributed by atoms with Crippen molar-refractivity contribution in [1.29, 1.82) is 0 Å². The molecular formula is C15H28F2N2O3. The highest BCUT2D eigenvalue weighted by molar-refractivity contribution is 5.72. The van der Waals surface area contributed by atoms with Gasteiger partial charge >= 0.3 is 6.03 Å². The summed E-state index contributed by atoms with van der Waals surface area (Å²) in [5.74, 6) is -1.05. The number of carbonyl (C=O) groups excluding carboxylic acids is 1. The van der Waals surface area contributed by atoms with Crippen molar-refractivity contribution in [2.75, 3.05) is 26.3 Å². The predicted molar refractivity (Wildman–Crippen MR) is 79.5 cm³/mol. The molecule has 0 saturated carbocycles. The first-order chi connectivity index (χ1) is 10.5. The summed E-state index contributed by atoms with van der Waals surface area (Å²) in [6.45, 7) is 0.565. The minimum Gasteiger partial charge on any atom is -0.396 e. The van der Waals surface area contributed by atoms with Gasteiger partial charge in [0, 0.05) is 32.2 Å². The number of hydrogen-bond donors (Lipinski definition) is 3. The zero-order valence-electron chi connectivity index (χ0n) is 13.0. The Bertz CT molecular complexity index is 332. The first-order valence-electron chi connectivity index (χ1n) is 8.05. The normalized spacial score (nSPS) is 25.7. The summed E-state index contributed by atoms with van der Waals surface area (Å²) in [6.07, 6.45) is 1.55. The molecule has 0 aromatic heterocycles. The van der Waals surface area contributed by atoms with Crippen LogP contribution in [0.25, 0.3) is 0 Å². The van der Waals surface area contributed by atoms with E-state index in [1.54, 1.807) is 0 Å². The lowest BCUT2D eigenvalue weighted by atomic mass is 9.73. The quantitative estimate of drug-likeness (QED) is 0.566. The summed E-state index contributed by atoms with van der Waals surface area (Å²) >= 11 is 0. The molecule has 0 aromatic rings. The number of primary amides is 1. The second-order valence-electron chi connectivity index (χ2n) is 6.10. The highest BCUT2D eigenvalue weighted by Crippen LogP contribution is 2.38. The number of aliphatic hydroxyl groups excluding tert-OH is 2. The number of rotatable bonds is 9. The highest BCUT2D eigenvalue weighted by atomic mass is 19.3. The van der Waals surface area contributed by atoms with Crippen LogP contribution in [0.2, 0.25) is 0 Å². The molecule has 1 rings (SSSR count). The van der Waals surface area contributed by atoms with Gasteiger partial charge < -0.3 is 20.8 Å². The molecule has 1 fully saturated rings. The van der Waals surface area contributed by atoms with Gasteiger partial charge in [-0.1, -0.05) is 12.8 Å². The Hall–Kier alpha value is -0.950. The van der Waals surface area contributed by atoms with Crippen LogP contribution in [-0.2, 0) is 0 Å². The molecule has 130 valence electrons. The fourth-order valence-electron chi connectivity index (χ4n) is 3.44. The lowest BCUT2D eigenvalue weighted by Crippen LogP contribution is -2.52. The van der Waals surface area contributed by atoms with Gasteiger partial charge in [0.15, 0.2) is 0 Å². The molecule has 0 aromatic carbocycles. The van der Waals surface area contributed by atoms with E-state index in [9.17, 15) is 13.6 Å². The van der Waals surface area contributed by atoms with E-state index in [4.69, 9.17) is 15.9 Å². The lowest BCUT2D eigenvalue weighted by Gasteiger charge is -2.43. The summed E-state index contributed by atoms with van der Waals surface area (Å²) < 4.78 is 26.8. The average molecular weight is 322 g/mol. The number of carbonyl (C=O) groups is 1. The van der Waals surface area contributed by atoms with Crippen LogP contribution in [-0.4, -0.2) is 53.9 Å². The van der Waals surface area contributed by atoms with Crippen molar-refractivity contribution in [3.05, 3.63) is 0 Å². The van der Waals surface area contributed by atoms with Crippen molar-refractivity contribution in [2.24, 2.45) is 23.5 Å². The maximum atomic E-state index is 13.4. The predicted octanol–water partition coefficient (Wildman–Crippen LogP) is 1.82. The van der Waals surface area contributed by atoms with Crippen molar-refractivity contribution in [2.45, 2.75) is 45.0 Å². The lowest BCUT2D eigenvalue weighted by molar-refractivity contribution is -0.0291. The molecule has 3 unspecified atom stereocenters. The summed E-state index contributed by atoms with van der Waals surface area (Å²) in [5.41, 5.74) is 5.28. The second kappa shape index (κ2) is 9.94. The van der Waals surface area contributed by atoms with Gasteiger partial charge in [0.2, 0.25) is 6.43 Å². The Kier molecular flexibility index (Phi) is 8.63. The van der Waals surface area contributed by atoms with Crippen LogP contribution in [0.3, 0.4) is 0 Å². The molecule has 1 saturated heterocycles. The first kappa shape index (κ1) is 19.1. The number of piperidine rings is 1. The summed E-state index contributed by atoms with van der Waals surface area (Å²) in [6, 6.07) is -0.647. The Morgan fingerprint density at radius 3 is 2.18 bits per heavy atom. The zero-order chi connectivity index (χ0) is 16.5. The van der Waals surface area contributed by atoms with Gasteiger partial charge in [-0.3, -0.25) is 0 Å². The molecular weight excluding hydrogens is 294 g/mol. The number of nitrogens with two attached hydrogens (primary N) is 1. The van der Waals surface area contributed by atoms with Crippen molar-refractivity contribution < 1.29 is 23.8 Å². The van der Waals surface area contributed by atoms with E-state index < -0.39 is 18.4 Å². The molecule has 0 radical (unpaired) electrons. The van der Waals surface area contributed by atoms with Gasteiger partial charge in [-0.2, -0.15) is 0 Å². The first-order valence-corrected chi connectivity index (χ1v) is 8.05. The standard InChI is InChI=1S/C15H28F2N2O3/c16-14(17)13-10-19(15(18)22)9-11(5-1-3-7-20)12(13)6-2-4-8-21/h11-14,20-21H,1-10H2,(H2,18,22). The van der Waals surface area contributed by atoms with E-state index in [1.165, 1.54) is 4.90 Å². The molecule has 1 heterocycles. The maximum Gasteiger partial charge on any atom is 0.314 e. The van der Waals surface area contributed by atoms with Crippen molar-refractivity contribution in [1.82, 2.24) is 4.90 Å². The third kappa shape index (κ3) is 5.68. The van der Waals surface area contributed by atoms with E-state index in [2.05, 4.69) is 0 Å². The minimum absolute atomic E-state index is 0.00723. The number of likely N-dealkylation sites (tertiary alicyclic amines) is 1. The van der Waals surface area contributed by atoms with Gasteiger partial charge in [-0.25, -0.2) is 13.6 Å². The maximum absolute atomic E-state index is 13.4. The van der Waals surface area contributed by atoms with Crippen LogP contribution in [0.1, 0.15) is 38.5 Å². The molecule has 1 aliphatic rings. The van der Waals surface area contributed by atoms with Gasteiger partial charge in [0.1, 0.15) is 0 Å². The second-order valence-corrected chi connectivity index (χ2v) is 6.10. The fraction of sp³-hybridized carbons (Fsp3) is 0.933. The smallest absolute Gasteiger partial charge is 0.314 e. The Labute approximate surface area is 130 Å². The van der Waals surface area contributed by atoms with E-state index >= 15 is 0 Å². The van der Waals surface area contributed by atoms with Crippen LogP contribution in [0.5, 0.6) is 0 Å². The minimum atomic E-state index is -2.48. The number of halogens is 2. The third-order valence-electron chi connectivity index (χ3n) is 4.61. The largest absolute Gasteiger partial charge is 0.396 e. The summed E-state index contributed by atoms with van der Waals surface area (Å²) in [4.78, 5) is 12.7.